The Hall–Kier alpha value is -3.27. The first kappa shape index (κ1) is 26.0. The third-order valence-corrected chi connectivity index (χ3v) is 9.52. The van der Waals surface area contributed by atoms with E-state index in [1.165, 1.54) is 44.9 Å². The van der Waals surface area contributed by atoms with Crippen LogP contribution in [0, 0.1) is 11.8 Å². The quantitative estimate of drug-likeness (QED) is 0.412. The first-order valence-corrected chi connectivity index (χ1v) is 14.5. The van der Waals surface area contributed by atoms with Gasteiger partial charge in [-0.15, -0.1) is 0 Å². The maximum Gasteiger partial charge on any atom is 0.279 e. The van der Waals surface area contributed by atoms with Gasteiger partial charge in [-0.3, -0.25) is 19.3 Å². The summed E-state index contributed by atoms with van der Waals surface area (Å²) in [5, 5.41) is 3.72. The van der Waals surface area contributed by atoms with E-state index in [0.717, 1.165) is 43.0 Å². The Morgan fingerprint density at radius 3 is 2.38 bits per heavy atom. The van der Waals surface area contributed by atoms with Gasteiger partial charge in [0, 0.05) is 18.1 Å². The van der Waals surface area contributed by atoms with Gasteiger partial charge in [-0.25, -0.2) is 4.98 Å². The van der Waals surface area contributed by atoms with Crippen molar-refractivity contribution in [2.45, 2.75) is 94.8 Å². The summed E-state index contributed by atoms with van der Waals surface area (Å²) in [7, 11) is 0. The molecule has 2 saturated heterocycles. The molecule has 208 valence electrons. The van der Waals surface area contributed by atoms with Crippen LogP contribution in [0.4, 0.5) is 0 Å². The van der Waals surface area contributed by atoms with E-state index in [9.17, 15) is 14.4 Å². The number of benzene rings is 1. The van der Waals surface area contributed by atoms with Gasteiger partial charge in [0.05, 0.1) is 17.1 Å². The van der Waals surface area contributed by atoms with E-state index in [2.05, 4.69) is 15.0 Å². The van der Waals surface area contributed by atoms with E-state index in [1.807, 2.05) is 28.8 Å². The average molecular weight is 535 g/mol. The van der Waals surface area contributed by atoms with Crippen molar-refractivity contribution in [3.05, 3.63) is 40.3 Å². The molecule has 10 nitrogen and oxygen atoms in total. The molecular formula is C29H38N6O4. The van der Waals surface area contributed by atoms with E-state index < -0.39 is 29.7 Å². The third kappa shape index (κ3) is 4.95. The van der Waals surface area contributed by atoms with Crippen LogP contribution < -0.4 is 17.0 Å². The molecule has 1 aromatic carbocycles. The number of para-hydroxylation sites is 2. The van der Waals surface area contributed by atoms with Crippen LogP contribution in [0.3, 0.4) is 0 Å². The van der Waals surface area contributed by atoms with Crippen LogP contribution in [0.25, 0.3) is 11.0 Å². The molecule has 5 atom stereocenters. The Kier molecular flexibility index (Phi) is 7.14. The van der Waals surface area contributed by atoms with Crippen LogP contribution >= 0.6 is 0 Å². The highest BCUT2D eigenvalue weighted by molar-refractivity contribution is 6.44. The van der Waals surface area contributed by atoms with Gasteiger partial charge in [0.15, 0.2) is 18.0 Å². The van der Waals surface area contributed by atoms with Crippen molar-refractivity contribution >= 4 is 28.6 Å². The molecule has 4 N–H and O–H groups in total. The van der Waals surface area contributed by atoms with Crippen molar-refractivity contribution in [3.63, 3.8) is 0 Å². The number of amides is 2. The molecule has 39 heavy (non-hydrogen) atoms. The second-order valence-corrected chi connectivity index (χ2v) is 11.9. The molecule has 4 fully saturated rings. The lowest BCUT2D eigenvalue weighted by molar-refractivity contribution is -0.122. The summed E-state index contributed by atoms with van der Waals surface area (Å²) in [5.41, 5.74) is 11.1. The normalized spacial score (nSPS) is 31.1. The highest BCUT2D eigenvalue weighted by Crippen LogP contribution is 2.49. The number of rotatable bonds is 7. The number of hydrogen-bond donors (Lipinski definition) is 2. The molecule has 2 aliphatic heterocycles. The second-order valence-electron chi connectivity index (χ2n) is 11.9. The number of nitrogens with zero attached hydrogens (tertiary/aromatic N) is 4. The van der Waals surface area contributed by atoms with Crippen LogP contribution in [0.1, 0.15) is 82.4 Å². The second kappa shape index (κ2) is 10.7. The first-order chi connectivity index (χ1) is 18.9. The van der Waals surface area contributed by atoms with E-state index in [1.54, 1.807) is 0 Å². The summed E-state index contributed by atoms with van der Waals surface area (Å²) >= 11 is 0. The zero-order chi connectivity index (χ0) is 27.1. The predicted octanol–water partition coefficient (Wildman–Crippen LogP) is 2.61. The lowest BCUT2D eigenvalue weighted by Crippen LogP contribution is -2.51. The van der Waals surface area contributed by atoms with Crippen LogP contribution in [0.15, 0.2) is 34.2 Å². The third-order valence-electron chi connectivity index (χ3n) is 9.52. The van der Waals surface area contributed by atoms with Gasteiger partial charge in [0.1, 0.15) is 0 Å². The molecule has 3 heterocycles. The van der Waals surface area contributed by atoms with Crippen molar-refractivity contribution in [2.75, 3.05) is 6.61 Å². The highest BCUT2D eigenvalue weighted by Gasteiger charge is 2.49. The number of oxime groups is 1. The molecule has 0 radical (unpaired) electrons. The van der Waals surface area contributed by atoms with Gasteiger partial charge in [-0.2, -0.15) is 0 Å². The SMILES string of the molecule is NC(=O)CO/N=C(\C(N)=O)c1nc2ccccc2n([C@@H]2C[C@@H]3CCC[C@H]2N3C2CC3CCCCC(C3)C2)c1=O. The molecule has 2 saturated carbocycles. The van der Waals surface area contributed by atoms with Crippen molar-refractivity contribution in [3.8, 4) is 0 Å². The lowest BCUT2D eigenvalue weighted by atomic mass is 9.76. The van der Waals surface area contributed by atoms with Gasteiger partial charge >= 0.3 is 0 Å². The van der Waals surface area contributed by atoms with Crippen LogP contribution in [0.5, 0.6) is 0 Å². The zero-order valence-corrected chi connectivity index (χ0v) is 22.3. The summed E-state index contributed by atoms with van der Waals surface area (Å²) in [6.07, 6.45) is 13.6. The largest absolute Gasteiger partial charge is 0.385 e. The smallest absolute Gasteiger partial charge is 0.279 e. The minimum atomic E-state index is -0.956. The van der Waals surface area contributed by atoms with E-state index >= 15 is 0 Å². The molecule has 2 unspecified atom stereocenters. The Labute approximate surface area is 227 Å². The Balaban J connectivity index is 1.41. The van der Waals surface area contributed by atoms with Crippen LogP contribution in [-0.2, 0) is 14.4 Å². The number of primary amides is 2. The fourth-order valence-electron chi connectivity index (χ4n) is 8.16. The van der Waals surface area contributed by atoms with Gasteiger partial charge < -0.3 is 20.9 Å². The molecule has 2 aromatic rings. The summed E-state index contributed by atoms with van der Waals surface area (Å²) in [4.78, 5) is 49.8. The first-order valence-electron chi connectivity index (χ1n) is 14.5. The topological polar surface area (TPSA) is 146 Å². The van der Waals surface area contributed by atoms with E-state index in [-0.39, 0.29) is 17.8 Å². The molecule has 2 aliphatic carbocycles. The summed E-state index contributed by atoms with van der Waals surface area (Å²) in [5.74, 6) is -0.0708. The van der Waals surface area contributed by atoms with Crippen molar-refractivity contribution in [1.29, 1.82) is 0 Å². The number of aromatic nitrogens is 2. The van der Waals surface area contributed by atoms with E-state index in [0.29, 0.717) is 17.6 Å². The highest BCUT2D eigenvalue weighted by atomic mass is 16.6. The number of fused-ring (bicyclic) bond motifs is 5. The molecule has 0 spiro atoms. The van der Waals surface area contributed by atoms with Crippen molar-refractivity contribution in [2.24, 2.45) is 28.5 Å². The minimum absolute atomic E-state index is 0.0405. The Morgan fingerprint density at radius 2 is 1.67 bits per heavy atom. The number of piperidine rings is 1. The molecule has 4 aliphatic rings. The Morgan fingerprint density at radius 1 is 0.923 bits per heavy atom. The van der Waals surface area contributed by atoms with Crippen LogP contribution in [0.2, 0.25) is 0 Å². The average Bonchev–Trinajstić information content (AvgIpc) is 3.01. The fraction of sp³-hybridized carbons (Fsp3) is 0.621. The maximum absolute atomic E-state index is 14.1. The predicted molar refractivity (Wildman–Crippen MR) is 147 cm³/mol. The summed E-state index contributed by atoms with van der Waals surface area (Å²) in [6, 6.07) is 8.73. The fourth-order valence-corrected chi connectivity index (χ4v) is 8.16. The lowest BCUT2D eigenvalue weighted by Gasteiger charge is -2.46. The van der Waals surface area contributed by atoms with Crippen molar-refractivity contribution in [1.82, 2.24) is 14.5 Å². The van der Waals surface area contributed by atoms with Gasteiger partial charge in [-0.05, 0) is 62.5 Å². The van der Waals surface area contributed by atoms with Crippen molar-refractivity contribution < 1.29 is 14.4 Å². The molecule has 6 rings (SSSR count). The minimum Gasteiger partial charge on any atom is -0.385 e. The molecule has 2 amide bonds. The monoisotopic (exact) mass is 534 g/mol. The standard InChI is InChI=1S/C29H38N6O4/c30-25(36)16-39-33-26(28(31)37)27-29(38)35(22-10-4-3-9-21(22)32-27)24-15-19-8-5-11-23(24)34(19)20-13-17-6-1-2-7-18(12-17)14-20/h3-4,9-10,17-20,23-24H,1-2,5-8,11-16H2,(H2,30,36)(H2,31,37)/b33-26-/t17?,18?,19-,20?,23+,24+/m0/s1. The van der Waals surface area contributed by atoms with Gasteiger partial charge in [0.25, 0.3) is 17.4 Å². The molecule has 4 bridgehead atoms. The molecule has 1 aromatic heterocycles. The zero-order valence-electron chi connectivity index (χ0n) is 22.3. The van der Waals surface area contributed by atoms with Crippen LogP contribution in [-0.4, -0.2) is 56.7 Å². The number of nitrogens with two attached hydrogens (primary N) is 2. The molecule has 10 heteroatoms. The summed E-state index contributed by atoms with van der Waals surface area (Å²) < 4.78 is 1.84. The van der Waals surface area contributed by atoms with Gasteiger partial charge in [0.2, 0.25) is 0 Å². The summed E-state index contributed by atoms with van der Waals surface area (Å²) in [6.45, 7) is -0.538. The number of carbonyl (C=O) groups excluding carboxylic acids is 2. The van der Waals surface area contributed by atoms with E-state index in [4.69, 9.17) is 16.3 Å². The Bertz CT molecular complexity index is 1340. The maximum atomic E-state index is 14.1. The number of carbonyl (C=O) groups is 2. The molecular weight excluding hydrogens is 496 g/mol. The number of hydrogen-bond acceptors (Lipinski definition) is 7. The van der Waals surface area contributed by atoms with Gasteiger partial charge in [-0.1, -0.05) is 49.4 Å².